The van der Waals surface area contributed by atoms with Gasteiger partial charge in [0.25, 0.3) is 0 Å². The van der Waals surface area contributed by atoms with E-state index in [4.69, 9.17) is 11.5 Å². The summed E-state index contributed by atoms with van der Waals surface area (Å²) in [6, 6.07) is 8.25. The van der Waals surface area contributed by atoms with Crippen LogP contribution in [0.4, 0.5) is 0 Å². The highest BCUT2D eigenvalue weighted by Crippen LogP contribution is 2.18. The van der Waals surface area contributed by atoms with E-state index in [2.05, 4.69) is 42.5 Å². The van der Waals surface area contributed by atoms with Crippen molar-refractivity contribution in [2.45, 2.75) is 127 Å². The zero-order chi connectivity index (χ0) is 50.1. The monoisotopic (exact) mass is 947 g/mol. The van der Waals surface area contributed by atoms with Gasteiger partial charge < -0.3 is 64.0 Å². The largest absolute Gasteiger partial charge is 0.391 e. The van der Waals surface area contributed by atoms with Crippen LogP contribution in [0, 0.1) is 5.92 Å². The average molecular weight is 948 g/mol. The number of carbonyl (C=O) groups excluding carboxylic acids is 10. The number of benzene rings is 2. The van der Waals surface area contributed by atoms with Crippen molar-refractivity contribution < 1.29 is 53.1 Å². The summed E-state index contributed by atoms with van der Waals surface area (Å²) in [5.74, 6) is -8.33. The maximum absolute atomic E-state index is 13.9. The number of likely N-dealkylation sites (tertiary alicyclic amines) is 1. The van der Waals surface area contributed by atoms with Crippen LogP contribution in [0.25, 0.3) is 0 Å². The van der Waals surface area contributed by atoms with E-state index in [9.17, 15) is 53.1 Å². The molecule has 4 rings (SSSR count). The minimum atomic E-state index is -1.62. The smallest absolute Gasteiger partial charge is 0.245 e. The number of carbonyl (C=O) groups is 10. The molecular weight excluding hydrogens is 883 g/mol. The Bertz CT molecular complexity index is 2120. The van der Waals surface area contributed by atoms with E-state index >= 15 is 0 Å². The third kappa shape index (κ3) is 16.1. The summed E-state index contributed by atoms with van der Waals surface area (Å²) < 4.78 is 0. The van der Waals surface area contributed by atoms with Crippen molar-refractivity contribution in [1.82, 2.24) is 47.4 Å². The van der Waals surface area contributed by atoms with Crippen molar-refractivity contribution in [2.24, 2.45) is 17.4 Å². The molecular formula is C46H65N11O11. The molecule has 2 fully saturated rings. The lowest BCUT2D eigenvalue weighted by atomic mass is 10.0. The van der Waals surface area contributed by atoms with Crippen LogP contribution in [0.15, 0.2) is 60.7 Å². The standard InChI is InChI=1S/C46H65N11O11/c1-25(2)37(55-43(65)33(23-35(47)59)54-46(68)38(27(4)58)56-41(63)30-17-11-19-49-30)45(67)50-24-36(60)57-20-12-18-34(57)44(66)53-32(22-29-15-9-6-10-16-29)42(64)51-26(3)40(62)52-31(39(48)61)21-28-13-7-5-8-14-28/h5-10,13-16,25-27,30-34,37-38,49,58H,11-12,17-24H2,1-4H3,(H2,47,59)(H2,48,61)(H,50,67)(H,51,64)(H,52,62)(H,53,66)(H,54,68)(H,55,65)(H,56,63)/t26-,27+,30-,31-,32-,33-,34-,37-,38-/m0/s1. The SMILES string of the molecule is CC(C)[C@H](NC(=O)[C@H](CC(N)=O)NC(=O)[C@@H](NC(=O)[C@@H]1CCCN1)[C@@H](C)O)C(=O)NCC(=O)N1CCC[C@H]1C(=O)N[C@@H](Cc1ccccc1)C(=O)N[C@@H](C)C(=O)N[C@@H](Cc1ccccc1)C(N)=O. The van der Waals surface area contributed by atoms with Gasteiger partial charge in [0.05, 0.1) is 25.1 Å². The number of nitrogens with zero attached hydrogens (tertiary/aromatic N) is 1. The first-order valence-electron chi connectivity index (χ1n) is 22.7. The zero-order valence-corrected chi connectivity index (χ0v) is 38.7. The molecule has 0 aromatic heterocycles. The summed E-state index contributed by atoms with van der Waals surface area (Å²) >= 11 is 0. The highest BCUT2D eigenvalue weighted by Gasteiger charge is 2.38. The van der Waals surface area contributed by atoms with Crippen LogP contribution in [0.3, 0.4) is 0 Å². The fraction of sp³-hybridized carbons (Fsp3) is 0.522. The Balaban J connectivity index is 1.38. The first kappa shape index (κ1) is 53.7. The summed E-state index contributed by atoms with van der Waals surface area (Å²) in [6.45, 7) is 6.04. The van der Waals surface area contributed by atoms with Crippen LogP contribution in [-0.4, -0.2) is 143 Å². The first-order chi connectivity index (χ1) is 32.2. The van der Waals surface area contributed by atoms with Crippen molar-refractivity contribution >= 4 is 59.1 Å². The molecule has 2 aliphatic rings. The van der Waals surface area contributed by atoms with E-state index in [1.54, 1.807) is 74.5 Å². The molecule has 9 atom stereocenters. The van der Waals surface area contributed by atoms with Crippen LogP contribution >= 0.6 is 0 Å². The van der Waals surface area contributed by atoms with Crippen LogP contribution < -0.4 is 54.0 Å². The fourth-order valence-electron chi connectivity index (χ4n) is 7.82. The fourth-order valence-corrected chi connectivity index (χ4v) is 7.82. The molecule has 2 saturated heterocycles. The molecule has 68 heavy (non-hydrogen) atoms. The number of amides is 10. The molecule has 0 radical (unpaired) electrons. The van der Waals surface area contributed by atoms with Crippen LogP contribution in [0.1, 0.15) is 70.9 Å². The van der Waals surface area contributed by atoms with Gasteiger partial charge in [0.1, 0.15) is 42.3 Å². The minimum Gasteiger partial charge on any atom is -0.391 e. The lowest BCUT2D eigenvalue weighted by molar-refractivity contribution is -0.140. The van der Waals surface area contributed by atoms with Crippen LogP contribution in [-0.2, 0) is 60.8 Å². The predicted molar refractivity (Wildman–Crippen MR) is 246 cm³/mol. The van der Waals surface area contributed by atoms with Crippen LogP contribution in [0.2, 0.25) is 0 Å². The van der Waals surface area contributed by atoms with Gasteiger partial charge in [0.2, 0.25) is 59.1 Å². The van der Waals surface area contributed by atoms with Gasteiger partial charge in [-0.2, -0.15) is 0 Å². The molecule has 22 heteroatoms. The second-order valence-electron chi connectivity index (χ2n) is 17.4. The van der Waals surface area contributed by atoms with Gasteiger partial charge in [-0.3, -0.25) is 47.9 Å². The van der Waals surface area contributed by atoms with E-state index < -0.39 is 132 Å². The molecule has 370 valence electrons. The van der Waals surface area contributed by atoms with Crippen LogP contribution in [0.5, 0.6) is 0 Å². The number of nitrogens with one attached hydrogen (secondary N) is 8. The Morgan fingerprint density at radius 1 is 0.647 bits per heavy atom. The van der Waals surface area contributed by atoms with Gasteiger partial charge in [-0.05, 0) is 63.1 Å². The Hall–Kier alpha value is -6.94. The molecule has 10 amide bonds. The van der Waals surface area contributed by atoms with Crippen molar-refractivity contribution in [3.05, 3.63) is 71.8 Å². The minimum absolute atomic E-state index is 0.0174. The summed E-state index contributed by atoms with van der Waals surface area (Å²) in [4.78, 5) is 133. The molecule has 0 unspecified atom stereocenters. The molecule has 0 spiro atoms. The summed E-state index contributed by atoms with van der Waals surface area (Å²) in [7, 11) is 0. The Labute approximate surface area is 394 Å². The predicted octanol–water partition coefficient (Wildman–Crippen LogP) is -3.34. The molecule has 2 heterocycles. The van der Waals surface area contributed by atoms with Gasteiger partial charge in [-0.15, -0.1) is 0 Å². The molecule has 22 nitrogen and oxygen atoms in total. The van der Waals surface area contributed by atoms with E-state index in [1.807, 2.05) is 0 Å². The average Bonchev–Trinajstić information content (AvgIpc) is 4.03. The van der Waals surface area contributed by atoms with Crippen molar-refractivity contribution in [3.63, 3.8) is 0 Å². The maximum atomic E-state index is 13.9. The van der Waals surface area contributed by atoms with E-state index in [0.29, 0.717) is 24.9 Å². The zero-order valence-electron chi connectivity index (χ0n) is 38.7. The second-order valence-corrected chi connectivity index (χ2v) is 17.4. The van der Waals surface area contributed by atoms with E-state index in [-0.39, 0.29) is 25.8 Å². The molecule has 13 N–H and O–H groups in total. The molecule has 0 saturated carbocycles. The van der Waals surface area contributed by atoms with E-state index in [0.717, 1.165) is 12.0 Å². The number of aliphatic hydroxyl groups is 1. The molecule has 2 aromatic carbocycles. The highest BCUT2D eigenvalue weighted by atomic mass is 16.3. The number of aliphatic hydroxyl groups excluding tert-OH is 1. The Morgan fingerprint density at radius 2 is 1.24 bits per heavy atom. The Kier molecular flexibility index (Phi) is 20.4. The number of primary amides is 2. The quantitative estimate of drug-likeness (QED) is 0.0492. The summed E-state index contributed by atoms with van der Waals surface area (Å²) in [6.07, 6.45) is -0.0441. The lowest BCUT2D eigenvalue weighted by Gasteiger charge is -2.28. The van der Waals surface area contributed by atoms with Crippen molar-refractivity contribution in [1.29, 1.82) is 0 Å². The van der Waals surface area contributed by atoms with Gasteiger partial charge in [0, 0.05) is 19.4 Å². The van der Waals surface area contributed by atoms with Gasteiger partial charge >= 0.3 is 0 Å². The van der Waals surface area contributed by atoms with Crippen molar-refractivity contribution in [3.8, 4) is 0 Å². The first-order valence-corrected chi connectivity index (χ1v) is 22.7. The third-order valence-electron chi connectivity index (χ3n) is 11.6. The summed E-state index contributed by atoms with van der Waals surface area (Å²) in [5, 5.41) is 31.0. The number of nitrogens with two attached hydrogens (primary N) is 2. The topological polar surface area (TPSA) is 342 Å². The number of rotatable bonds is 24. The second kappa shape index (κ2) is 25.8. The molecule has 2 aromatic rings. The third-order valence-corrected chi connectivity index (χ3v) is 11.6. The highest BCUT2D eigenvalue weighted by molar-refractivity contribution is 5.99. The normalized spacial score (nSPS) is 18.6. The molecule has 0 aliphatic carbocycles. The number of hydrogen-bond acceptors (Lipinski definition) is 12. The molecule has 2 aliphatic heterocycles. The van der Waals surface area contributed by atoms with Gasteiger partial charge in [0.15, 0.2) is 0 Å². The summed E-state index contributed by atoms with van der Waals surface area (Å²) in [5.41, 5.74) is 12.4. The molecule has 0 bridgehead atoms. The van der Waals surface area contributed by atoms with Gasteiger partial charge in [-0.25, -0.2) is 0 Å². The van der Waals surface area contributed by atoms with E-state index in [1.165, 1.54) is 18.7 Å². The lowest BCUT2D eigenvalue weighted by Crippen LogP contribution is -2.61. The number of hydrogen-bond donors (Lipinski definition) is 11. The Morgan fingerprint density at radius 3 is 1.78 bits per heavy atom. The van der Waals surface area contributed by atoms with Gasteiger partial charge in [-0.1, -0.05) is 74.5 Å². The maximum Gasteiger partial charge on any atom is 0.245 e. The van der Waals surface area contributed by atoms with Crippen molar-refractivity contribution in [2.75, 3.05) is 19.6 Å².